The van der Waals surface area contributed by atoms with Crippen LogP contribution in [0.4, 0.5) is 9.18 Å². The summed E-state index contributed by atoms with van der Waals surface area (Å²) in [6, 6.07) is 4.30. The molecule has 0 bridgehead atoms. The zero-order chi connectivity index (χ0) is 18.6. The van der Waals surface area contributed by atoms with Crippen molar-refractivity contribution in [3.8, 4) is 0 Å². The van der Waals surface area contributed by atoms with E-state index < -0.39 is 0 Å². The second-order valence-corrected chi connectivity index (χ2v) is 7.30. The van der Waals surface area contributed by atoms with Crippen molar-refractivity contribution in [2.75, 3.05) is 39.3 Å². The molecular weight excluding hydrogens is 349 g/mol. The van der Waals surface area contributed by atoms with Gasteiger partial charge in [-0.2, -0.15) is 0 Å². The Bertz CT molecular complexity index is 789. The Morgan fingerprint density at radius 2 is 2.15 bits per heavy atom. The van der Waals surface area contributed by atoms with E-state index >= 15 is 0 Å². The van der Waals surface area contributed by atoms with Gasteiger partial charge in [-0.05, 0) is 50.6 Å². The summed E-state index contributed by atoms with van der Waals surface area (Å²) in [6.45, 7) is 5.40. The molecule has 2 aliphatic heterocycles. The first-order chi connectivity index (χ1) is 13.2. The van der Waals surface area contributed by atoms with Crippen LogP contribution in [0.5, 0.6) is 0 Å². The SMILES string of the molecule is O=C(NCc1nc2ccc(F)cc2[nH]1)N1CCCO[C@H](CN2CCCC2)C1. The van der Waals surface area contributed by atoms with E-state index in [0.29, 0.717) is 36.6 Å². The molecule has 1 atom stereocenters. The predicted molar refractivity (Wildman–Crippen MR) is 99.9 cm³/mol. The van der Waals surface area contributed by atoms with Gasteiger partial charge < -0.3 is 24.8 Å². The Morgan fingerprint density at radius 3 is 3.00 bits per heavy atom. The molecule has 0 radical (unpaired) electrons. The van der Waals surface area contributed by atoms with E-state index in [1.165, 1.54) is 25.0 Å². The van der Waals surface area contributed by atoms with Crippen molar-refractivity contribution in [1.82, 2.24) is 25.1 Å². The van der Waals surface area contributed by atoms with Crippen molar-refractivity contribution < 1.29 is 13.9 Å². The van der Waals surface area contributed by atoms with Gasteiger partial charge in [0.1, 0.15) is 11.6 Å². The van der Waals surface area contributed by atoms with Crippen LogP contribution in [-0.4, -0.2) is 71.2 Å². The Morgan fingerprint density at radius 1 is 1.30 bits per heavy atom. The van der Waals surface area contributed by atoms with Crippen LogP contribution in [0.15, 0.2) is 18.2 Å². The molecule has 3 heterocycles. The van der Waals surface area contributed by atoms with E-state index in [1.807, 2.05) is 4.90 Å². The van der Waals surface area contributed by atoms with Crippen molar-refractivity contribution in [1.29, 1.82) is 0 Å². The molecule has 2 aliphatic rings. The van der Waals surface area contributed by atoms with Crippen LogP contribution in [0.25, 0.3) is 11.0 Å². The largest absolute Gasteiger partial charge is 0.375 e. The lowest BCUT2D eigenvalue weighted by molar-refractivity contribution is 0.0349. The van der Waals surface area contributed by atoms with Gasteiger partial charge in [0.2, 0.25) is 0 Å². The van der Waals surface area contributed by atoms with Gasteiger partial charge >= 0.3 is 6.03 Å². The Hall–Kier alpha value is -2.19. The lowest BCUT2D eigenvalue weighted by Gasteiger charge is -2.27. The highest BCUT2D eigenvalue weighted by atomic mass is 19.1. The maximum absolute atomic E-state index is 13.3. The fourth-order valence-corrected chi connectivity index (χ4v) is 3.83. The molecule has 0 saturated carbocycles. The first kappa shape index (κ1) is 18.2. The highest BCUT2D eigenvalue weighted by molar-refractivity contribution is 5.76. The fourth-order valence-electron chi connectivity index (χ4n) is 3.83. The molecule has 4 rings (SSSR count). The molecule has 2 N–H and O–H groups in total. The summed E-state index contributed by atoms with van der Waals surface area (Å²) in [6.07, 6.45) is 3.40. The lowest BCUT2D eigenvalue weighted by Crippen LogP contribution is -2.45. The van der Waals surface area contributed by atoms with E-state index in [0.717, 1.165) is 26.1 Å². The second kappa shape index (κ2) is 8.22. The Labute approximate surface area is 157 Å². The molecule has 2 fully saturated rings. The van der Waals surface area contributed by atoms with Crippen LogP contribution in [0.2, 0.25) is 0 Å². The third-order valence-electron chi connectivity index (χ3n) is 5.20. The molecule has 2 saturated heterocycles. The Balaban J connectivity index is 1.33. The van der Waals surface area contributed by atoms with Gasteiger partial charge in [0.25, 0.3) is 0 Å². The van der Waals surface area contributed by atoms with Crippen molar-refractivity contribution >= 4 is 17.1 Å². The summed E-state index contributed by atoms with van der Waals surface area (Å²) in [5.41, 5.74) is 1.32. The van der Waals surface area contributed by atoms with Gasteiger partial charge in [-0.1, -0.05) is 0 Å². The third kappa shape index (κ3) is 4.56. The summed E-state index contributed by atoms with van der Waals surface area (Å²) < 4.78 is 19.2. The van der Waals surface area contributed by atoms with E-state index in [-0.39, 0.29) is 24.5 Å². The number of carbonyl (C=O) groups excluding carboxylic acids is 1. The van der Waals surface area contributed by atoms with Crippen molar-refractivity contribution in [3.05, 3.63) is 29.8 Å². The van der Waals surface area contributed by atoms with Gasteiger partial charge in [-0.15, -0.1) is 0 Å². The molecule has 0 aliphatic carbocycles. The van der Waals surface area contributed by atoms with Crippen LogP contribution in [-0.2, 0) is 11.3 Å². The molecule has 146 valence electrons. The zero-order valence-corrected chi connectivity index (χ0v) is 15.4. The van der Waals surface area contributed by atoms with Gasteiger partial charge in [0, 0.05) is 26.2 Å². The summed E-state index contributed by atoms with van der Waals surface area (Å²) in [5.74, 6) is 0.305. The number of amides is 2. The molecule has 0 spiro atoms. The third-order valence-corrected chi connectivity index (χ3v) is 5.20. The van der Waals surface area contributed by atoms with Gasteiger partial charge in [0.15, 0.2) is 0 Å². The molecule has 27 heavy (non-hydrogen) atoms. The number of hydrogen-bond acceptors (Lipinski definition) is 4. The lowest BCUT2D eigenvalue weighted by atomic mass is 10.3. The monoisotopic (exact) mass is 375 g/mol. The van der Waals surface area contributed by atoms with Gasteiger partial charge in [-0.25, -0.2) is 14.2 Å². The van der Waals surface area contributed by atoms with Crippen molar-refractivity contribution in [2.45, 2.75) is 31.9 Å². The number of ether oxygens (including phenoxy) is 1. The minimum atomic E-state index is -0.310. The number of halogens is 1. The number of fused-ring (bicyclic) bond motifs is 1. The summed E-state index contributed by atoms with van der Waals surface area (Å²) in [5, 5.41) is 2.92. The standard InChI is InChI=1S/C19H26FN5O2/c20-14-4-5-16-17(10-14)23-18(22-16)11-21-19(26)25-8-3-9-27-15(13-25)12-24-6-1-2-7-24/h4-5,10,15H,1-3,6-9,11-13H2,(H,21,26)(H,22,23)/t15-/m1/s1. The van der Waals surface area contributed by atoms with E-state index in [1.54, 1.807) is 6.07 Å². The molecular formula is C19H26FN5O2. The number of likely N-dealkylation sites (tertiary alicyclic amines) is 1. The average molecular weight is 375 g/mol. The number of urea groups is 1. The van der Waals surface area contributed by atoms with E-state index in [9.17, 15) is 9.18 Å². The quantitative estimate of drug-likeness (QED) is 0.858. The van der Waals surface area contributed by atoms with Crippen molar-refractivity contribution in [3.63, 3.8) is 0 Å². The topological polar surface area (TPSA) is 73.5 Å². The minimum Gasteiger partial charge on any atom is -0.375 e. The second-order valence-electron chi connectivity index (χ2n) is 7.30. The maximum atomic E-state index is 13.3. The molecule has 0 unspecified atom stereocenters. The predicted octanol–water partition coefficient (Wildman–Crippen LogP) is 2.10. The zero-order valence-electron chi connectivity index (χ0n) is 15.4. The minimum absolute atomic E-state index is 0.0607. The highest BCUT2D eigenvalue weighted by Crippen LogP contribution is 2.14. The normalized spacial score (nSPS) is 21.5. The number of aromatic amines is 1. The number of nitrogens with zero attached hydrogens (tertiary/aromatic N) is 3. The van der Waals surface area contributed by atoms with E-state index in [4.69, 9.17) is 4.74 Å². The van der Waals surface area contributed by atoms with Crippen LogP contribution in [0.3, 0.4) is 0 Å². The van der Waals surface area contributed by atoms with Gasteiger partial charge in [-0.3, -0.25) is 0 Å². The molecule has 2 aromatic rings. The smallest absolute Gasteiger partial charge is 0.317 e. The Kier molecular flexibility index (Phi) is 5.54. The van der Waals surface area contributed by atoms with Gasteiger partial charge in [0.05, 0.1) is 23.7 Å². The number of benzene rings is 1. The summed E-state index contributed by atoms with van der Waals surface area (Å²) in [7, 11) is 0. The number of H-pyrrole nitrogens is 1. The first-order valence-corrected chi connectivity index (χ1v) is 9.68. The molecule has 1 aromatic carbocycles. The van der Waals surface area contributed by atoms with Crippen LogP contribution in [0, 0.1) is 5.82 Å². The molecule has 2 amide bonds. The molecule has 1 aromatic heterocycles. The number of hydrogen-bond donors (Lipinski definition) is 2. The number of carbonyl (C=O) groups is 1. The van der Waals surface area contributed by atoms with Crippen LogP contribution >= 0.6 is 0 Å². The summed E-state index contributed by atoms with van der Waals surface area (Å²) in [4.78, 5) is 24.3. The van der Waals surface area contributed by atoms with Crippen LogP contribution < -0.4 is 5.32 Å². The summed E-state index contributed by atoms with van der Waals surface area (Å²) >= 11 is 0. The average Bonchev–Trinajstić information content (AvgIpc) is 3.24. The van der Waals surface area contributed by atoms with Crippen molar-refractivity contribution in [2.24, 2.45) is 0 Å². The van der Waals surface area contributed by atoms with Crippen LogP contribution in [0.1, 0.15) is 25.1 Å². The number of nitrogens with one attached hydrogen (secondary N) is 2. The molecule has 8 heteroatoms. The highest BCUT2D eigenvalue weighted by Gasteiger charge is 2.25. The number of rotatable bonds is 4. The fraction of sp³-hybridized carbons (Fsp3) is 0.579. The maximum Gasteiger partial charge on any atom is 0.317 e. The number of imidazole rings is 1. The number of aromatic nitrogens is 2. The molecule has 7 nitrogen and oxygen atoms in total. The van der Waals surface area contributed by atoms with E-state index in [2.05, 4.69) is 20.2 Å². The first-order valence-electron chi connectivity index (χ1n) is 9.68.